The second-order valence-corrected chi connectivity index (χ2v) is 5.37. The number of hydrogen-bond donors (Lipinski definition) is 1. The molecule has 2 aromatic rings. The topological polar surface area (TPSA) is 57.6 Å². The molecule has 0 aliphatic heterocycles. The molecule has 0 unspecified atom stereocenters. The van der Waals surface area contributed by atoms with Gasteiger partial charge >= 0.3 is 5.97 Å². The number of hydrogen-bond acceptors (Lipinski definition) is 2. The summed E-state index contributed by atoms with van der Waals surface area (Å²) in [4.78, 5) is 25.8. The maximum atomic E-state index is 12.7. The van der Waals surface area contributed by atoms with Gasteiger partial charge in [0.1, 0.15) is 0 Å². The Morgan fingerprint density at radius 2 is 1.65 bits per heavy atom. The zero-order valence-corrected chi connectivity index (χ0v) is 13.2. The Labute approximate surface area is 136 Å². The van der Waals surface area contributed by atoms with Crippen LogP contribution in [0.25, 0.3) is 0 Å². The second-order valence-electron chi connectivity index (χ2n) is 5.37. The first kappa shape index (κ1) is 16.7. The summed E-state index contributed by atoms with van der Waals surface area (Å²) < 4.78 is 0. The van der Waals surface area contributed by atoms with Crippen LogP contribution in [0.4, 0.5) is 5.69 Å². The van der Waals surface area contributed by atoms with Crippen molar-refractivity contribution >= 4 is 17.6 Å². The first-order chi connectivity index (χ1) is 11.1. The van der Waals surface area contributed by atoms with E-state index >= 15 is 0 Å². The van der Waals surface area contributed by atoms with Gasteiger partial charge in [0.05, 0.1) is 12.0 Å². The second kappa shape index (κ2) is 8.13. The number of rotatable bonds is 7. The van der Waals surface area contributed by atoms with Gasteiger partial charge in [-0.15, -0.1) is 0 Å². The zero-order valence-electron chi connectivity index (χ0n) is 13.2. The van der Waals surface area contributed by atoms with E-state index in [0.29, 0.717) is 12.1 Å². The quantitative estimate of drug-likeness (QED) is 0.847. The number of benzene rings is 2. The van der Waals surface area contributed by atoms with Gasteiger partial charge in [-0.1, -0.05) is 49.7 Å². The largest absolute Gasteiger partial charge is 0.478 e. The van der Waals surface area contributed by atoms with Crippen molar-refractivity contribution in [1.82, 2.24) is 0 Å². The third kappa shape index (κ3) is 4.42. The van der Waals surface area contributed by atoms with Crippen LogP contribution >= 0.6 is 0 Å². The number of amides is 1. The number of unbranched alkanes of at least 4 members (excludes halogenated alkanes) is 1. The lowest BCUT2D eigenvalue weighted by atomic mass is 10.0. The van der Waals surface area contributed by atoms with Crippen LogP contribution in [0.1, 0.15) is 35.7 Å². The maximum Gasteiger partial charge on any atom is 0.335 e. The van der Waals surface area contributed by atoms with Gasteiger partial charge in [-0.3, -0.25) is 4.79 Å². The van der Waals surface area contributed by atoms with Gasteiger partial charge in [0.25, 0.3) is 0 Å². The fraction of sp³-hybridized carbons (Fsp3) is 0.263. The van der Waals surface area contributed by atoms with Crippen LogP contribution in [-0.2, 0) is 11.2 Å². The first-order valence-electron chi connectivity index (χ1n) is 7.80. The number of para-hydroxylation sites is 1. The molecule has 0 heterocycles. The Morgan fingerprint density at radius 3 is 2.30 bits per heavy atom. The van der Waals surface area contributed by atoms with Gasteiger partial charge < -0.3 is 10.0 Å². The summed E-state index contributed by atoms with van der Waals surface area (Å²) in [6, 6.07) is 16.2. The van der Waals surface area contributed by atoms with E-state index in [9.17, 15) is 14.7 Å². The summed E-state index contributed by atoms with van der Waals surface area (Å²) in [5.41, 5.74) is 1.57. The Hall–Kier alpha value is -2.62. The third-order valence-electron chi connectivity index (χ3n) is 3.69. The fourth-order valence-electron chi connectivity index (χ4n) is 2.46. The van der Waals surface area contributed by atoms with E-state index in [0.717, 1.165) is 18.5 Å². The molecule has 1 amide bonds. The Balaban J connectivity index is 2.23. The van der Waals surface area contributed by atoms with Crippen molar-refractivity contribution in [1.29, 1.82) is 0 Å². The van der Waals surface area contributed by atoms with Gasteiger partial charge in [0.15, 0.2) is 0 Å². The number of carboxylic acids is 1. The molecule has 2 rings (SSSR count). The van der Waals surface area contributed by atoms with Crippen molar-refractivity contribution in [2.75, 3.05) is 11.4 Å². The first-order valence-corrected chi connectivity index (χ1v) is 7.80. The average Bonchev–Trinajstić information content (AvgIpc) is 2.56. The molecule has 4 nitrogen and oxygen atoms in total. The Morgan fingerprint density at radius 1 is 1.00 bits per heavy atom. The van der Waals surface area contributed by atoms with Crippen molar-refractivity contribution < 1.29 is 14.7 Å². The molecule has 120 valence electrons. The van der Waals surface area contributed by atoms with Crippen LogP contribution in [0.2, 0.25) is 0 Å². The van der Waals surface area contributed by atoms with E-state index in [1.54, 1.807) is 23.1 Å². The van der Waals surface area contributed by atoms with Gasteiger partial charge in [0, 0.05) is 12.2 Å². The molecule has 4 heteroatoms. The number of nitrogens with zero attached hydrogens (tertiary/aromatic N) is 1. The normalized spacial score (nSPS) is 10.3. The molecular weight excluding hydrogens is 290 g/mol. The summed E-state index contributed by atoms with van der Waals surface area (Å²) >= 11 is 0. The van der Waals surface area contributed by atoms with Crippen molar-refractivity contribution in [3.63, 3.8) is 0 Å². The van der Waals surface area contributed by atoms with E-state index in [4.69, 9.17) is 0 Å². The van der Waals surface area contributed by atoms with E-state index in [-0.39, 0.29) is 17.9 Å². The zero-order chi connectivity index (χ0) is 16.7. The van der Waals surface area contributed by atoms with Crippen LogP contribution in [0.5, 0.6) is 0 Å². The highest BCUT2D eigenvalue weighted by molar-refractivity contribution is 5.97. The number of carboxylic acid groups (broad SMARTS) is 1. The van der Waals surface area contributed by atoms with E-state index in [1.165, 1.54) is 6.07 Å². The van der Waals surface area contributed by atoms with Crippen LogP contribution in [-0.4, -0.2) is 23.5 Å². The molecule has 0 fully saturated rings. The maximum absolute atomic E-state index is 12.7. The summed E-state index contributed by atoms with van der Waals surface area (Å²) in [5.74, 6) is -1.09. The van der Waals surface area contributed by atoms with Gasteiger partial charge in [-0.25, -0.2) is 4.79 Å². The standard InChI is InChI=1S/C19H21NO3/c1-2-3-13-20(16-10-5-4-6-11-16)18(21)14-15-9-7-8-12-17(15)19(22)23/h4-12H,2-3,13-14H2,1H3,(H,22,23). The minimum atomic E-state index is -1.01. The number of aromatic carboxylic acids is 1. The van der Waals surface area contributed by atoms with Crippen molar-refractivity contribution in [3.05, 3.63) is 65.7 Å². The highest BCUT2D eigenvalue weighted by Crippen LogP contribution is 2.18. The van der Waals surface area contributed by atoms with Crippen LogP contribution in [0, 0.1) is 0 Å². The van der Waals surface area contributed by atoms with Crippen LogP contribution < -0.4 is 4.90 Å². The monoisotopic (exact) mass is 311 g/mol. The lowest BCUT2D eigenvalue weighted by Gasteiger charge is -2.23. The molecule has 23 heavy (non-hydrogen) atoms. The molecule has 0 radical (unpaired) electrons. The van der Waals surface area contributed by atoms with Crippen molar-refractivity contribution in [2.24, 2.45) is 0 Å². The fourth-order valence-corrected chi connectivity index (χ4v) is 2.46. The van der Waals surface area contributed by atoms with E-state index < -0.39 is 5.97 Å². The van der Waals surface area contributed by atoms with Crippen molar-refractivity contribution in [3.8, 4) is 0 Å². The SMILES string of the molecule is CCCCN(C(=O)Cc1ccccc1C(=O)O)c1ccccc1. The molecule has 0 aliphatic rings. The highest BCUT2D eigenvalue weighted by Gasteiger charge is 2.18. The van der Waals surface area contributed by atoms with Gasteiger partial charge in [0.2, 0.25) is 5.91 Å². The molecule has 0 aromatic heterocycles. The van der Waals surface area contributed by atoms with Crippen LogP contribution in [0.15, 0.2) is 54.6 Å². The predicted molar refractivity (Wildman–Crippen MR) is 90.8 cm³/mol. The lowest BCUT2D eigenvalue weighted by Crippen LogP contribution is -2.33. The molecule has 0 atom stereocenters. The molecule has 0 aliphatic carbocycles. The van der Waals surface area contributed by atoms with Gasteiger partial charge in [-0.2, -0.15) is 0 Å². The minimum absolute atomic E-state index is 0.0844. The molecule has 0 spiro atoms. The Bertz CT molecular complexity index is 667. The minimum Gasteiger partial charge on any atom is -0.478 e. The summed E-state index contributed by atoms with van der Waals surface area (Å²) in [6.07, 6.45) is 1.98. The van der Waals surface area contributed by atoms with Crippen LogP contribution in [0.3, 0.4) is 0 Å². The Kier molecular flexibility index (Phi) is 5.92. The lowest BCUT2D eigenvalue weighted by molar-refractivity contribution is -0.118. The number of carbonyl (C=O) groups excluding carboxylic acids is 1. The molecule has 0 saturated heterocycles. The number of carbonyl (C=O) groups is 2. The third-order valence-corrected chi connectivity index (χ3v) is 3.69. The summed E-state index contributed by atoms with van der Waals surface area (Å²) in [7, 11) is 0. The summed E-state index contributed by atoms with van der Waals surface area (Å²) in [6.45, 7) is 2.71. The molecule has 0 bridgehead atoms. The predicted octanol–water partition coefficient (Wildman–Crippen LogP) is 3.76. The molecular formula is C19H21NO3. The summed E-state index contributed by atoms with van der Waals surface area (Å²) in [5, 5.41) is 9.25. The van der Waals surface area contributed by atoms with E-state index in [2.05, 4.69) is 6.92 Å². The molecule has 0 saturated carbocycles. The average molecular weight is 311 g/mol. The number of anilines is 1. The van der Waals surface area contributed by atoms with Crippen molar-refractivity contribution in [2.45, 2.75) is 26.2 Å². The van der Waals surface area contributed by atoms with Gasteiger partial charge in [-0.05, 0) is 30.2 Å². The smallest absolute Gasteiger partial charge is 0.335 e. The molecule has 2 aromatic carbocycles. The highest BCUT2D eigenvalue weighted by atomic mass is 16.4. The van der Waals surface area contributed by atoms with E-state index in [1.807, 2.05) is 30.3 Å². The molecule has 1 N–H and O–H groups in total.